The number of hydrogen-bond acceptors (Lipinski definition) is 3. The molecule has 4 heteroatoms. The van der Waals surface area contributed by atoms with E-state index >= 15 is 0 Å². The highest BCUT2D eigenvalue weighted by atomic mass is 35.5. The number of likely N-dealkylation sites (tertiary alicyclic amines) is 1. The summed E-state index contributed by atoms with van der Waals surface area (Å²) in [4.78, 5) is 2.21. The lowest BCUT2D eigenvalue weighted by atomic mass is 9.84. The van der Waals surface area contributed by atoms with Crippen LogP contribution in [-0.4, -0.2) is 34.7 Å². The molecule has 1 fully saturated rings. The van der Waals surface area contributed by atoms with Crippen LogP contribution in [0.3, 0.4) is 0 Å². The Morgan fingerprint density at radius 2 is 1.79 bits per heavy atom. The van der Waals surface area contributed by atoms with Gasteiger partial charge in [0.05, 0.1) is 11.7 Å². The molecule has 0 spiro atoms. The zero-order chi connectivity index (χ0) is 17.2. The predicted octanol–water partition coefficient (Wildman–Crippen LogP) is 3.67. The van der Waals surface area contributed by atoms with Gasteiger partial charge in [0.15, 0.2) is 0 Å². The van der Waals surface area contributed by atoms with Crippen LogP contribution >= 0.6 is 11.6 Å². The second kappa shape index (κ2) is 7.24. The third kappa shape index (κ3) is 3.98. The molecule has 0 aliphatic carbocycles. The molecule has 3 nitrogen and oxygen atoms in total. The van der Waals surface area contributed by atoms with Crippen molar-refractivity contribution in [1.82, 2.24) is 4.90 Å². The van der Waals surface area contributed by atoms with Crippen molar-refractivity contribution in [3.05, 3.63) is 70.2 Å². The van der Waals surface area contributed by atoms with Gasteiger partial charge >= 0.3 is 0 Å². The lowest BCUT2D eigenvalue weighted by molar-refractivity contribution is -0.0345. The molecule has 0 radical (unpaired) electrons. The first-order chi connectivity index (χ1) is 11.5. The summed E-state index contributed by atoms with van der Waals surface area (Å²) in [7, 11) is 0. The quantitative estimate of drug-likeness (QED) is 0.888. The average Bonchev–Trinajstić information content (AvgIpc) is 2.58. The summed E-state index contributed by atoms with van der Waals surface area (Å²) in [5, 5.41) is 22.0. The largest absolute Gasteiger partial charge is 0.387 e. The number of rotatable bonds is 4. The molecule has 0 saturated carbocycles. The minimum absolute atomic E-state index is 0.535. The van der Waals surface area contributed by atoms with Crippen molar-refractivity contribution < 1.29 is 10.2 Å². The van der Waals surface area contributed by atoms with E-state index in [0.29, 0.717) is 24.4 Å². The van der Waals surface area contributed by atoms with Gasteiger partial charge in [0.25, 0.3) is 0 Å². The molecule has 1 unspecified atom stereocenters. The Bertz CT molecular complexity index is 678. The van der Waals surface area contributed by atoms with Gasteiger partial charge in [-0.1, -0.05) is 53.6 Å². The molecule has 1 atom stereocenters. The summed E-state index contributed by atoms with van der Waals surface area (Å²) < 4.78 is 0. The Labute approximate surface area is 148 Å². The highest BCUT2D eigenvalue weighted by molar-refractivity contribution is 6.30. The van der Waals surface area contributed by atoms with Gasteiger partial charge in [-0.2, -0.15) is 0 Å². The molecule has 1 saturated heterocycles. The lowest BCUT2D eigenvalue weighted by Gasteiger charge is -2.39. The molecule has 2 N–H and O–H groups in total. The van der Waals surface area contributed by atoms with E-state index in [0.717, 1.165) is 24.2 Å². The molecule has 0 aromatic heterocycles. The standard InChI is InChI=1S/C20H24ClNO2/c1-15-3-2-4-17(13-15)20(24)9-11-22(12-10-20)14-19(23)16-5-7-18(21)8-6-16/h2-8,13,19,23-24H,9-12,14H2,1H3. The smallest absolute Gasteiger partial charge is 0.0921 e. The van der Waals surface area contributed by atoms with Gasteiger partial charge < -0.3 is 15.1 Å². The Morgan fingerprint density at radius 1 is 1.12 bits per heavy atom. The topological polar surface area (TPSA) is 43.7 Å². The van der Waals surface area contributed by atoms with Crippen LogP contribution in [0.1, 0.15) is 35.6 Å². The van der Waals surface area contributed by atoms with Crippen molar-refractivity contribution in [2.75, 3.05) is 19.6 Å². The van der Waals surface area contributed by atoms with Crippen LogP contribution in [0.25, 0.3) is 0 Å². The molecule has 24 heavy (non-hydrogen) atoms. The Kier molecular flexibility index (Phi) is 5.26. The number of piperidine rings is 1. The highest BCUT2D eigenvalue weighted by Gasteiger charge is 2.34. The highest BCUT2D eigenvalue weighted by Crippen LogP contribution is 2.33. The Balaban J connectivity index is 1.59. The number of hydrogen-bond donors (Lipinski definition) is 2. The van der Waals surface area contributed by atoms with Gasteiger partial charge in [-0.15, -0.1) is 0 Å². The maximum atomic E-state index is 11.0. The van der Waals surface area contributed by atoms with Crippen LogP contribution < -0.4 is 0 Å². The molecule has 3 rings (SSSR count). The normalized spacial score (nSPS) is 19.2. The summed E-state index contributed by atoms with van der Waals surface area (Å²) in [6.45, 7) is 4.17. The van der Waals surface area contributed by atoms with Gasteiger partial charge in [0.2, 0.25) is 0 Å². The van der Waals surface area contributed by atoms with Gasteiger partial charge in [0, 0.05) is 24.7 Å². The fourth-order valence-electron chi connectivity index (χ4n) is 3.36. The van der Waals surface area contributed by atoms with E-state index in [-0.39, 0.29) is 0 Å². The molecular formula is C20H24ClNO2. The van der Waals surface area contributed by atoms with E-state index in [2.05, 4.69) is 11.0 Å². The van der Waals surface area contributed by atoms with Crippen LogP contribution in [0.15, 0.2) is 48.5 Å². The van der Waals surface area contributed by atoms with E-state index in [9.17, 15) is 10.2 Å². The summed E-state index contributed by atoms with van der Waals surface area (Å²) in [5.41, 5.74) is 2.29. The Morgan fingerprint density at radius 3 is 2.42 bits per heavy atom. The Hall–Kier alpha value is -1.39. The van der Waals surface area contributed by atoms with Crippen molar-refractivity contribution >= 4 is 11.6 Å². The minimum Gasteiger partial charge on any atom is -0.387 e. The second-order valence-electron chi connectivity index (χ2n) is 6.77. The van der Waals surface area contributed by atoms with Crippen LogP contribution in [0.2, 0.25) is 5.02 Å². The molecular weight excluding hydrogens is 322 g/mol. The first-order valence-electron chi connectivity index (χ1n) is 8.42. The van der Waals surface area contributed by atoms with E-state index in [4.69, 9.17) is 11.6 Å². The zero-order valence-corrected chi connectivity index (χ0v) is 14.7. The number of aryl methyl sites for hydroxylation is 1. The first-order valence-corrected chi connectivity index (χ1v) is 8.79. The molecule has 0 amide bonds. The maximum absolute atomic E-state index is 11.0. The van der Waals surface area contributed by atoms with Crippen LogP contribution in [0.4, 0.5) is 0 Å². The third-order valence-electron chi connectivity index (χ3n) is 4.92. The summed E-state index contributed by atoms with van der Waals surface area (Å²) in [6, 6.07) is 15.4. The summed E-state index contributed by atoms with van der Waals surface area (Å²) in [5.74, 6) is 0. The number of aliphatic hydroxyl groups excluding tert-OH is 1. The molecule has 0 bridgehead atoms. The molecule has 1 heterocycles. The number of nitrogens with zero attached hydrogens (tertiary/aromatic N) is 1. The molecule has 128 valence electrons. The number of aliphatic hydroxyl groups is 2. The van der Waals surface area contributed by atoms with Crippen molar-refractivity contribution in [1.29, 1.82) is 0 Å². The van der Waals surface area contributed by atoms with Crippen LogP contribution in [-0.2, 0) is 5.60 Å². The van der Waals surface area contributed by atoms with Gasteiger partial charge in [-0.25, -0.2) is 0 Å². The monoisotopic (exact) mass is 345 g/mol. The number of β-amino-alcohol motifs (C(OH)–C–C–N with tert-alkyl or cyclic N) is 1. The van der Waals surface area contributed by atoms with E-state index in [1.807, 2.05) is 37.3 Å². The third-order valence-corrected chi connectivity index (χ3v) is 5.18. The zero-order valence-electron chi connectivity index (χ0n) is 14.0. The molecule has 2 aromatic carbocycles. The predicted molar refractivity (Wildman–Crippen MR) is 97.2 cm³/mol. The SMILES string of the molecule is Cc1cccc(C2(O)CCN(CC(O)c3ccc(Cl)cc3)CC2)c1. The number of benzene rings is 2. The maximum Gasteiger partial charge on any atom is 0.0921 e. The fourth-order valence-corrected chi connectivity index (χ4v) is 3.49. The number of halogens is 1. The van der Waals surface area contributed by atoms with Gasteiger partial charge in [-0.3, -0.25) is 0 Å². The van der Waals surface area contributed by atoms with Crippen LogP contribution in [0, 0.1) is 6.92 Å². The molecule has 2 aromatic rings. The lowest BCUT2D eigenvalue weighted by Crippen LogP contribution is -2.44. The van der Waals surface area contributed by atoms with Crippen molar-refractivity contribution in [2.24, 2.45) is 0 Å². The summed E-state index contributed by atoms with van der Waals surface area (Å²) >= 11 is 5.89. The van der Waals surface area contributed by atoms with Crippen molar-refractivity contribution in [2.45, 2.75) is 31.5 Å². The van der Waals surface area contributed by atoms with E-state index in [1.54, 1.807) is 12.1 Å². The molecule has 1 aliphatic heterocycles. The fraction of sp³-hybridized carbons (Fsp3) is 0.400. The van der Waals surface area contributed by atoms with Gasteiger partial charge in [0.1, 0.15) is 0 Å². The van der Waals surface area contributed by atoms with Gasteiger partial charge in [-0.05, 0) is 43.0 Å². The molecule has 1 aliphatic rings. The van der Waals surface area contributed by atoms with Crippen molar-refractivity contribution in [3.63, 3.8) is 0 Å². The van der Waals surface area contributed by atoms with Crippen LogP contribution in [0.5, 0.6) is 0 Å². The van der Waals surface area contributed by atoms with Crippen molar-refractivity contribution in [3.8, 4) is 0 Å². The summed E-state index contributed by atoms with van der Waals surface area (Å²) in [6.07, 6.45) is 0.834. The first kappa shape index (κ1) is 17.4. The minimum atomic E-state index is -0.756. The average molecular weight is 346 g/mol. The van der Waals surface area contributed by atoms with E-state index in [1.165, 1.54) is 5.56 Å². The van der Waals surface area contributed by atoms with E-state index < -0.39 is 11.7 Å². The second-order valence-corrected chi connectivity index (χ2v) is 7.21.